The summed E-state index contributed by atoms with van der Waals surface area (Å²) < 4.78 is 4.82. The SMILES string of the molecule is CN1CCN(C(c2ccccc2)c2ccccc2)CC1.O=C1OCCN1Cc1ccccc1. The second-order valence-electron chi connectivity index (χ2n) is 8.58. The third-order valence-corrected chi connectivity index (χ3v) is 6.19. The van der Waals surface area contributed by atoms with Crippen molar-refractivity contribution in [1.29, 1.82) is 0 Å². The molecule has 0 saturated carbocycles. The minimum atomic E-state index is -0.205. The molecule has 0 N–H and O–H groups in total. The molecule has 0 spiro atoms. The minimum absolute atomic E-state index is 0.205. The van der Waals surface area contributed by atoms with E-state index in [-0.39, 0.29) is 6.09 Å². The number of carbonyl (C=O) groups is 1. The van der Waals surface area contributed by atoms with Crippen LogP contribution in [0.15, 0.2) is 91.0 Å². The number of benzene rings is 3. The van der Waals surface area contributed by atoms with Gasteiger partial charge in [-0.25, -0.2) is 4.79 Å². The highest BCUT2D eigenvalue weighted by Gasteiger charge is 2.25. The summed E-state index contributed by atoms with van der Waals surface area (Å²) in [4.78, 5) is 17.8. The number of hydrogen-bond donors (Lipinski definition) is 0. The van der Waals surface area contributed by atoms with Gasteiger partial charge in [0.25, 0.3) is 0 Å². The summed E-state index contributed by atoms with van der Waals surface area (Å²) in [7, 11) is 2.21. The Balaban J connectivity index is 0.000000172. The van der Waals surface area contributed by atoms with Gasteiger partial charge in [0.2, 0.25) is 0 Å². The lowest BCUT2D eigenvalue weighted by molar-refractivity contribution is 0.127. The summed E-state index contributed by atoms with van der Waals surface area (Å²) in [6.07, 6.45) is -0.205. The van der Waals surface area contributed by atoms with Crippen LogP contribution in [0.25, 0.3) is 0 Å². The monoisotopic (exact) mass is 443 g/mol. The van der Waals surface area contributed by atoms with E-state index in [0.717, 1.165) is 31.7 Å². The number of cyclic esters (lactones) is 1. The fourth-order valence-corrected chi connectivity index (χ4v) is 4.34. The van der Waals surface area contributed by atoms with Crippen molar-refractivity contribution in [2.75, 3.05) is 46.4 Å². The molecule has 0 aromatic heterocycles. The van der Waals surface area contributed by atoms with Gasteiger partial charge in [-0.05, 0) is 23.7 Å². The third-order valence-electron chi connectivity index (χ3n) is 6.19. The first-order chi connectivity index (χ1) is 16.2. The molecule has 3 aromatic rings. The highest BCUT2D eigenvalue weighted by atomic mass is 16.6. The Morgan fingerprint density at radius 3 is 1.73 bits per heavy atom. The van der Waals surface area contributed by atoms with Crippen molar-refractivity contribution in [3.8, 4) is 0 Å². The van der Waals surface area contributed by atoms with E-state index in [0.29, 0.717) is 25.7 Å². The lowest BCUT2D eigenvalue weighted by Gasteiger charge is -2.38. The summed E-state index contributed by atoms with van der Waals surface area (Å²) in [6.45, 7) is 6.43. The molecule has 5 heteroatoms. The summed E-state index contributed by atoms with van der Waals surface area (Å²) in [5, 5.41) is 0. The quantitative estimate of drug-likeness (QED) is 0.575. The normalized spacial score (nSPS) is 16.9. The van der Waals surface area contributed by atoms with E-state index in [2.05, 4.69) is 77.5 Å². The number of ether oxygens (including phenoxy) is 1. The number of amides is 1. The molecule has 2 saturated heterocycles. The van der Waals surface area contributed by atoms with E-state index >= 15 is 0 Å². The number of rotatable bonds is 5. The highest BCUT2D eigenvalue weighted by Crippen LogP contribution is 2.29. The molecular weight excluding hydrogens is 410 g/mol. The molecule has 0 radical (unpaired) electrons. The first-order valence-corrected chi connectivity index (χ1v) is 11.7. The van der Waals surface area contributed by atoms with Crippen LogP contribution in [0.4, 0.5) is 4.79 Å². The molecule has 2 aliphatic rings. The van der Waals surface area contributed by atoms with E-state index in [9.17, 15) is 4.79 Å². The van der Waals surface area contributed by atoms with Gasteiger partial charge in [0, 0.05) is 32.7 Å². The van der Waals surface area contributed by atoms with Crippen LogP contribution < -0.4 is 0 Å². The van der Waals surface area contributed by atoms with Crippen molar-refractivity contribution < 1.29 is 9.53 Å². The average molecular weight is 444 g/mol. The zero-order chi connectivity index (χ0) is 22.9. The summed E-state index contributed by atoms with van der Waals surface area (Å²) in [5.41, 5.74) is 3.92. The fraction of sp³-hybridized carbons (Fsp3) is 0.321. The molecule has 2 aliphatic heterocycles. The maximum absolute atomic E-state index is 11.1. The second-order valence-corrected chi connectivity index (χ2v) is 8.58. The maximum atomic E-state index is 11.1. The molecule has 5 rings (SSSR count). The van der Waals surface area contributed by atoms with Crippen molar-refractivity contribution in [2.24, 2.45) is 0 Å². The molecule has 3 aromatic carbocycles. The van der Waals surface area contributed by atoms with Crippen LogP contribution in [-0.4, -0.2) is 67.2 Å². The highest BCUT2D eigenvalue weighted by molar-refractivity contribution is 5.69. The van der Waals surface area contributed by atoms with Crippen LogP contribution in [0.2, 0.25) is 0 Å². The predicted molar refractivity (Wildman–Crippen MR) is 132 cm³/mol. The Morgan fingerprint density at radius 2 is 1.24 bits per heavy atom. The largest absolute Gasteiger partial charge is 0.448 e. The van der Waals surface area contributed by atoms with E-state index in [1.807, 2.05) is 30.3 Å². The first kappa shape index (κ1) is 23.0. The molecule has 1 amide bonds. The van der Waals surface area contributed by atoms with Crippen molar-refractivity contribution in [1.82, 2.24) is 14.7 Å². The van der Waals surface area contributed by atoms with Crippen LogP contribution in [0, 0.1) is 0 Å². The van der Waals surface area contributed by atoms with E-state index in [1.54, 1.807) is 4.90 Å². The first-order valence-electron chi connectivity index (χ1n) is 11.7. The Labute approximate surface area is 197 Å². The van der Waals surface area contributed by atoms with Gasteiger partial charge in [-0.1, -0.05) is 91.0 Å². The zero-order valence-corrected chi connectivity index (χ0v) is 19.3. The molecule has 2 heterocycles. The van der Waals surface area contributed by atoms with Crippen LogP contribution in [0.5, 0.6) is 0 Å². The molecule has 5 nitrogen and oxygen atoms in total. The summed E-state index contributed by atoms with van der Waals surface area (Å²) in [6, 6.07) is 32.0. The van der Waals surface area contributed by atoms with Crippen molar-refractivity contribution >= 4 is 6.09 Å². The van der Waals surface area contributed by atoms with Crippen molar-refractivity contribution in [3.05, 3.63) is 108 Å². The number of piperazine rings is 1. The molecule has 0 aliphatic carbocycles. The number of carbonyl (C=O) groups excluding carboxylic acids is 1. The Morgan fingerprint density at radius 1 is 0.727 bits per heavy atom. The van der Waals surface area contributed by atoms with E-state index < -0.39 is 0 Å². The molecule has 0 unspecified atom stereocenters. The van der Waals surface area contributed by atoms with Crippen LogP contribution in [-0.2, 0) is 11.3 Å². The standard InChI is InChI=1S/C18H22N2.C10H11NO2/c1-19-12-14-20(15-13-19)18(16-8-4-2-5-9-16)17-10-6-3-7-11-17;12-10-11(6-7-13-10)8-9-4-2-1-3-5-9/h2-11,18H,12-15H2,1H3;1-5H,6-8H2. The lowest BCUT2D eigenvalue weighted by Crippen LogP contribution is -2.46. The predicted octanol–water partition coefficient (Wildman–Crippen LogP) is 4.66. The second kappa shape index (κ2) is 11.6. The van der Waals surface area contributed by atoms with Gasteiger partial charge in [0.1, 0.15) is 6.61 Å². The van der Waals surface area contributed by atoms with Gasteiger partial charge in [-0.15, -0.1) is 0 Å². The molecule has 33 heavy (non-hydrogen) atoms. The van der Waals surface area contributed by atoms with E-state index in [4.69, 9.17) is 4.74 Å². The molecular formula is C28H33N3O2. The van der Waals surface area contributed by atoms with Gasteiger partial charge in [-0.3, -0.25) is 4.90 Å². The molecule has 0 atom stereocenters. The van der Waals surface area contributed by atoms with E-state index in [1.165, 1.54) is 11.1 Å². The third kappa shape index (κ3) is 6.44. The van der Waals surface area contributed by atoms with Gasteiger partial charge >= 0.3 is 6.09 Å². The minimum Gasteiger partial charge on any atom is -0.448 e. The van der Waals surface area contributed by atoms with Crippen molar-refractivity contribution in [2.45, 2.75) is 12.6 Å². The maximum Gasteiger partial charge on any atom is 0.410 e. The smallest absolute Gasteiger partial charge is 0.410 e. The Hall–Kier alpha value is -3.15. The van der Waals surface area contributed by atoms with Gasteiger partial charge < -0.3 is 14.5 Å². The number of nitrogens with zero attached hydrogens (tertiary/aromatic N) is 3. The van der Waals surface area contributed by atoms with Gasteiger partial charge in [-0.2, -0.15) is 0 Å². The molecule has 2 fully saturated rings. The van der Waals surface area contributed by atoms with Gasteiger partial charge in [0.15, 0.2) is 0 Å². The molecule has 0 bridgehead atoms. The van der Waals surface area contributed by atoms with Crippen LogP contribution in [0.1, 0.15) is 22.7 Å². The Kier molecular flexibility index (Phi) is 8.12. The van der Waals surface area contributed by atoms with Crippen LogP contribution >= 0.6 is 0 Å². The van der Waals surface area contributed by atoms with Crippen molar-refractivity contribution in [3.63, 3.8) is 0 Å². The summed E-state index contributed by atoms with van der Waals surface area (Å²) in [5.74, 6) is 0. The summed E-state index contributed by atoms with van der Waals surface area (Å²) >= 11 is 0. The number of likely N-dealkylation sites (N-methyl/N-ethyl adjacent to an activating group) is 1. The average Bonchev–Trinajstić information content (AvgIpc) is 3.27. The van der Waals surface area contributed by atoms with Gasteiger partial charge in [0.05, 0.1) is 12.6 Å². The van der Waals surface area contributed by atoms with Crippen LogP contribution in [0.3, 0.4) is 0 Å². The lowest BCUT2D eigenvalue weighted by atomic mass is 9.96. The fourth-order valence-electron chi connectivity index (χ4n) is 4.34. The molecule has 172 valence electrons. The topological polar surface area (TPSA) is 36.0 Å². The Bertz CT molecular complexity index is 934. The number of hydrogen-bond acceptors (Lipinski definition) is 4. The zero-order valence-electron chi connectivity index (χ0n) is 19.3.